The average Bonchev–Trinajstić information content (AvgIpc) is 2.95. The maximum Gasteiger partial charge on any atom is 0.222 e. The first-order valence-electron chi connectivity index (χ1n) is 9.68. The molecule has 1 atom stereocenters. The van der Waals surface area contributed by atoms with Crippen LogP contribution in [0.3, 0.4) is 0 Å². The van der Waals surface area contributed by atoms with Gasteiger partial charge in [-0.05, 0) is 25.2 Å². The smallest absolute Gasteiger partial charge is 0.222 e. The molecule has 6 heteroatoms. The van der Waals surface area contributed by atoms with Gasteiger partial charge in [0.2, 0.25) is 5.91 Å². The summed E-state index contributed by atoms with van der Waals surface area (Å²) in [5, 5.41) is 3.22. The summed E-state index contributed by atoms with van der Waals surface area (Å²) in [7, 11) is 0. The van der Waals surface area contributed by atoms with E-state index >= 15 is 0 Å². The van der Waals surface area contributed by atoms with Gasteiger partial charge in [0, 0.05) is 48.2 Å². The van der Waals surface area contributed by atoms with E-state index in [0.29, 0.717) is 13.0 Å². The van der Waals surface area contributed by atoms with Crippen LogP contribution in [-0.2, 0) is 23.2 Å². The standard InChI is InChI=1S/C21H31N5O/c1-14-22-8-10-26(14)9-7-18(27)24-16-11-21(5,6)12-17-15(16)13-23-19(25-17)20(2,3)4/h8,10,13,16H,7,9,11-12H2,1-6H3,(H,24,27). The molecule has 2 heterocycles. The van der Waals surface area contributed by atoms with Gasteiger partial charge >= 0.3 is 0 Å². The lowest BCUT2D eigenvalue weighted by Crippen LogP contribution is -2.38. The van der Waals surface area contributed by atoms with E-state index in [4.69, 9.17) is 4.98 Å². The van der Waals surface area contributed by atoms with E-state index in [1.54, 1.807) is 6.20 Å². The zero-order chi connectivity index (χ0) is 19.8. The largest absolute Gasteiger partial charge is 0.349 e. The molecule has 0 fully saturated rings. The highest BCUT2D eigenvalue weighted by atomic mass is 16.1. The van der Waals surface area contributed by atoms with Crippen molar-refractivity contribution < 1.29 is 4.79 Å². The van der Waals surface area contributed by atoms with Crippen LogP contribution in [0.4, 0.5) is 0 Å². The highest BCUT2D eigenvalue weighted by Gasteiger charge is 2.35. The number of imidazole rings is 1. The van der Waals surface area contributed by atoms with Crippen LogP contribution in [0.2, 0.25) is 0 Å². The topological polar surface area (TPSA) is 72.7 Å². The highest BCUT2D eigenvalue weighted by molar-refractivity contribution is 5.76. The summed E-state index contributed by atoms with van der Waals surface area (Å²) in [6.07, 6.45) is 7.83. The molecule has 2 aromatic heterocycles. The molecule has 1 amide bonds. The van der Waals surface area contributed by atoms with Gasteiger partial charge in [0.15, 0.2) is 0 Å². The normalized spacial score (nSPS) is 18.8. The van der Waals surface area contributed by atoms with Crippen molar-refractivity contribution in [2.24, 2.45) is 5.41 Å². The molecule has 0 bridgehead atoms. The Morgan fingerprint density at radius 2 is 2.07 bits per heavy atom. The minimum Gasteiger partial charge on any atom is -0.349 e. The Morgan fingerprint density at radius 3 is 2.70 bits per heavy atom. The van der Waals surface area contributed by atoms with Gasteiger partial charge in [-0.25, -0.2) is 15.0 Å². The molecule has 1 N–H and O–H groups in total. The van der Waals surface area contributed by atoms with Gasteiger partial charge < -0.3 is 9.88 Å². The Kier molecular flexibility index (Phi) is 5.10. The second-order valence-electron chi connectivity index (χ2n) is 9.43. The molecule has 27 heavy (non-hydrogen) atoms. The number of aryl methyl sites for hydroxylation is 2. The van der Waals surface area contributed by atoms with Gasteiger partial charge in [0.25, 0.3) is 0 Å². The third kappa shape index (κ3) is 4.54. The molecule has 0 aromatic carbocycles. The third-order valence-corrected chi connectivity index (χ3v) is 5.19. The number of aromatic nitrogens is 4. The van der Waals surface area contributed by atoms with E-state index in [0.717, 1.165) is 35.7 Å². The third-order valence-electron chi connectivity index (χ3n) is 5.19. The van der Waals surface area contributed by atoms with Crippen LogP contribution in [0.1, 0.15) is 76.4 Å². The molecule has 3 rings (SSSR count). The molecule has 6 nitrogen and oxygen atoms in total. The molecule has 1 aliphatic rings. The molecule has 1 aliphatic carbocycles. The SMILES string of the molecule is Cc1nccn1CCC(=O)NC1CC(C)(C)Cc2nc(C(C)(C)C)ncc21. The lowest BCUT2D eigenvalue weighted by Gasteiger charge is -2.37. The predicted molar refractivity (Wildman–Crippen MR) is 105 cm³/mol. The molecule has 2 aromatic rings. The maximum atomic E-state index is 12.6. The van der Waals surface area contributed by atoms with Crippen molar-refractivity contribution in [3.05, 3.63) is 41.5 Å². The van der Waals surface area contributed by atoms with Crippen LogP contribution in [0.5, 0.6) is 0 Å². The Bertz CT molecular complexity index is 831. The monoisotopic (exact) mass is 369 g/mol. The molecule has 0 spiro atoms. The number of hydrogen-bond acceptors (Lipinski definition) is 4. The number of rotatable bonds is 4. The molecule has 0 aliphatic heterocycles. The van der Waals surface area contributed by atoms with Crippen LogP contribution in [-0.4, -0.2) is 25.4 Å². The maximum absolute atomic E-state index is 12.6. The minimum atomic E-state index is -0.0853. The van der Waals surface area contributed by atoms with Crippen molar-refractivity contribution >= 4 is 5.91 Å². The molecular formula is C21H31N5O. The van der Waals surface area contributed by atoms with E-state index in [1.165, 1.54) is 0 Å². The first-order chi connectivity index (χ1) is 12.5. The van der Waals surface area contributed by atoms with Crippen LogP contribution >= 0.6 is 0 Å². The van der Waals surface area contributed by atoms with Gasteiger partial charge in [-0.2, -0.15) is 0 Å². The predicted octanol–water partition coefficient (Wildman–Crippen LogP) is 3.50. The number of carbonyl (C=O) groups is 1. The summed E-state index contributed by atoms with van der Waals surface area (Å²) in [4.78, 5) is 26.2. The van der Waals surface area contributed by atoms with Crippen molar-refractivity contribution in [2.75, 3.05) is 0 Å². The van der Waals surface area contributed by atoms with E-state index < -0.39 is 0 Å². The van der Waals surface area contributed by atoms with E-state index in [1.807, 2.05) is 23.9 Å². The number of carbonyl (C=O) groups excluding carboxylic acids is 1. The number of nitrogens with zero attached hydrogens (tertiary/aromatic N) is 4. The molecule has 0 saturated heterocycles. The van der Waals surface area contributed by atoms with Crippen LogP contribution in [0, 0.1) is 12.3 Å². The Morgan fingerprint density at radius 1 is 1.33 bits per heavy atom. The summed E-state index contributed by atoms with van der Waals surface area (Å²) in [5.74, 6) is 1.84. The quantitative estimate of drug-likeness (QED) is 0.895. The summed E-state index contributed by atoms with van der Waals surface area (Å²) < 4.78 is 2.00. The van der Waals surface area contributed by atoms with Crippen molar-refractivity contribution in [1.82, 2.24) is 24.8 Å². The minimum absolute atomic E-state index is 0.0332. The summed E-state index contributed by atoms with van der Waals surface area (Å²) in [6.45, 7) is 13.4. The fourth-order valence-corrected chi connectivity index (χ4v) is 3.67. The van der Waals surface area contributed by atoms with Gasteiger partial charge in [0.05, 0.1) is 6.04 Å². The Balaban J connectivity index is 1.76. The van der Waals surface area contributed by atoms with Crippen LogP contribution < -0.4 is 5.32 Å². The fraction of sp³-hybridized carbons (Fsp3) is 0.619. The number of hydrogen-bond donors (Lipinski definition) is 1. The molecule has 0 saturated carbocycles. The molecular weight excluding hydrogens is 338 g/mol. The van der Waals surface area contributed by atoms with Crippen molar-refractivity contribution in [1.29, 1.82) is 0 Å². The number of nitrogens with one attached hydrogen (secondary N) is 1. The zero-order valence-corrected chi connectivity index (χ0v) is 17.3. The first-order valence-corrected chi connectivity index (χ1v) is 9.68. The Hall–Kier alpha value is -2.24. The van der Waals surface area contributed by atoms with Crippen molar-refractivity contribution in [3.63, 3.8) is 0 Å². The second kappa shape index (κ2) is 7.06. The molecule has 0 radical (unpaired) electrons. The van der Waals surface area contributed by atoms with E-state index in [2.05, 4.69) is 49.9 Å². The summed E-state index contributed by atoms with van der Waals surface area (Å²) in [6, 6.07) is -0.0332. The second-order valence-corrected chi connectivity index (χ2v) is 9.43. The summed E-state index contributed by atoms with van der Waals surface area (Å²) >= 11 is 0. The van der Waals surface area contributed by atoms with Gasteiger partial charge in [0.1, 0.15) is 11.6 Å². The lowest BCUT2D eigenvalue weighted by atomic mass is 9.74. The zero-order valence-electron chi connectivity index (χ0n) is 17.3. The van der Waals surface area contributed by atoms with E-state index in [-0.39, 0.29) is 22.8 Å². The number of amides is 1. The van der Waals surface area contributed by atoms with E-state index in [9.17, 15) is 4.79 Å². The van der Waals surface area contributed by atoms with Crippen LogP contribution in [0.15, 0.2) is 18.6 Å². The Labute approximate surface area is 161 Å². The van der Waals surface area contributed by atoms with Gasteiger partial charge in [-0.15, -0.1) is 0 Å². The van der Waals surface area contributed by atoms with Gasteiger partial charge in [-0.3, -0.25) is 4.79 Å². The van der Waals surface area contributed by atoms with Crippen molar-refractivity contribution in [2.45, 2.75) is 78.8 Å². The lowest BCUT2D eigenvalue weighted by molar-refractivity contribution is -0.122. The summed E-state index contributed by atoms with van der Waals surface area (Å²) in [5.41, 5.74) is 2.14. The van der Waals surface area contributed by atoms with Gasteiger partial charge in [-0.1, -0.05) is 34.6 Å². The molecule has 146 valence electrons. The highest BCUT2D eigenvalue weighted by Crippen LogP contribution is 2.40. The first kappa shape index (κ1) is 19.5. The van der Waals surface area contributed by atoms with Crippen molar-refractivity contribution in [3.8, 4) is 0 Å². The molecule has 1 unspecified atom stereocenters. The number of fused-ring (bicyclic) bond motifs is 1. The average molecular weight is 370 g/mol. The fourth-order valence-electron chi connectivity index (χ4n) is 3.67. The van der Waals surface area contributed by atoms with Crippen LogP contribution in [0.25, 0.3) is 0 Å².